The maximum Gasteiger partial charge on any atom is 0.248 e. The first kappa shape index (κ1) is 22.1. The molecule has 1 saturated heterocycles. The Balaban J connectivity index is 1.39. The van der Waals surface area contributed by atoms with Crippen LogP contribution in [-0.2, 0) is 16.1 Å². The van der Waals surface area contributed by atoms with E-state index in [9.17, 15) is 14.4 Å². The molecule has 0 spiro atoms. The van der Waals surface area contributed by atoms with Gasteiger partial charge in [-0.3, -0.25) is 19.1 Å². The van der Waals surface area contributed by atoms with Gasteiger partial charge in [-0.25, -0.2) is 4.98 Å². The van der Waals surface area contributed by atoms with E-state index >= 15 is 0 Å². The molecule has 170 valence electrons. The Morgan fingerprint density at radius 2 is 2.06 bits per heavy atom. The standard InChI is InChI=1S/C23H22BrN5O3S/c1-12(30)21-15-7-6-14(33-2)9-17(15)29(27-21)11-20(31)28-10-13-8-16(13)22(28)23(32)26-19-5-3-4-18(24)25-19/h3-7,9,13,16,22H,8,10-11H2,1-2H3,(H,25,26,32)/t13-,16-,22+/m1/s1. The molecule has 10 heteroatoms. The van der Waals surface area contributed by atoms with Gasteiger partial charge in [-0.2, -0.15) is 5.10 Å². The Kier molecular flexibility index (Phi) is 5.74. The summed E-state index contributed by atoms with van der Waals surface area (Å²) in [5.41, 5.74) is 1.09. The number of pyridine rings is 1. The van der Waals surface area contributed by atoms with Crippen LogP contribution in [0.2, 0.25) is 0 Å². The minimum absolute atomic E-state index is 0.0278. The molecule has 2 amide bonds. The van der Waals surface area contributed by atoms with Crippen molar-refractivity contribution in [3.63, 3.8) is 0 Å². The number of likely N-dealkylation sites (tertiary alicyclic amines) is 1. The van der Waals surface area contributed by atoms with Crippen molar-refractivity contribution >= 4 is 62.0 Å². The highest BCUT2D eigenvalue weighted by molar-refractivity contribution is 9.10. The molecule has 8 nitrogen and oxygen atoms in total. The molecular weight excluding hydrogens is 506 g/mol. The summed E-state index contributed by atoms with van der Waals surface area (Å²) in [7, 11) is 0. The van der Waals surface area contributed by atoms with Crippen molar-refractivity contribution in [1.82, 2.24) is 19.7 Å². The van der Waals surface area contributed by atoms with E-state index < -0.39 is 6.04 Å². The van der Waals surface area contributed by atoms with Crippen molar-refractivity contribution in [3.05, 3.63) is 46.7 Å². The third-order valence-electron chi connectivity index (χ3n) is 6.28. The van der Waals surface area contributed by atoms with Gasteiger partial charge >= 0.3 is 0 Å². The fraction of sp³-hybridized carbons (Fsp3) is 0.348. The molecule has 1 aliphatic carbocycles. The molecule has 0 unspecified atom stereocenters. The maximum absolute atomic E-state index is 13.4. The second-order valence-electron chi connectivity index (χ2n) is 8.43. The van der Waals surface area contributed by atoms with Crippen LogP contribution < -0.4 is 5.32 Å². The van der Waals surface area contributed by atoms with Crippen molar-refractivity contribution in [2.24, 2.45) is 11.8 Å². The number of benzene rings is 1. The number of piperidine rings is 1. The van der Waals surface area contributed by atoms with Gasteiger partial charge in [0.25, 0.3) is 0 Å². The molecule has 1 N–H and O–H groups in total. The third kappa shape index (κ3) is 4.17. The van der Waals surface area contributed by atoms with Gasteiger partial charge in [0.2, 0.25) is 11.8 Å². The largest absolute Gasteiger partial charge is 0.328 e. The number of nitrogens with one attached hydrogen (secondary N) is 1. The fourth-order valence-corrected chi connectivity index (χ4v) is 5.39. The number of rotatable bonds is 6. The number of ketones is 1. The normalized spacial score (nSPS) is 21.2. The van der Waals surface area contributed by atoms with Crippen LogP contribution in [0.4, 0.5) is 5.82 Å². The van der Waals surface area contributed by atoms with Gasteiger partial charge in [0.05, 0.1) is 5.52 Å². The zero-order chi connectivity index (χ0) is 23.3. The zero-order valence-corrected chi connectivity index (χ0v) is 20.5. The summed E-state index contributed by atoms with van der Waals surface area (Å²) in [4.78, 5) is 45.5. The molecule has 0 radical (unpaired) electrons. The summed E-state index contributed by atoms with van der Waals surface area (Å²) in [5.74, 6) is 0.415. The van der Waals surface area contributed by atoms with E-state index in [-0.39, 0.29) is 30.1 Å². The Labute approximate surface area is 203 Å². The molecule has 1 aromatic carbocycles. The molecule has 5 rings (SSSR count). The first-order valence-electron chi connectivity index (χ1n) is 10.6. The number of thioether (sulfide) groups is 1. The van der Waals surface area contributed by atoms with Crippen molar-refractivity contribution in [3.8, 4) is 0 Å². The molecular formula is C23H22BrN5O3S. The molecule has 1 aliphatic heterocycles. The number of halogens is 1. The number of hydrogen-bond acceptors (Lipinski definition) is 6. The molecule has 3 atom stereocenters. The lowest BCUT2D eigenvalue weighted by atomic mass is 10.1. The number of aromatic nitrogens is 3. The van der Waals surface area contributed by atoms with Crippen LogP contribution in [0.15, 0.2) is 45.9 Å². The summed E-state index contributed by atoms with van der Waals surface area (Å²) in [6, 6.07) is 10.5. The molecule has 2 aliphatic rings. The number of amides is 2. The van der Waals surface area contributed by atoms with Crippen molar-refractivity contribution in [1.29, 1.82) is 0 Å². The zero-order valence-electron chi connectivity index (χ0n) is 18.1. The van der Waals surface area contributed by atoms with Crippen molar-refractivity contribution in [2.45, 2.75) is 30.8 Å². The van der Waals surface area contributed by atoms with E-state index in [0.717, 1.165) is 22.2 Å². The van der Waals surface area contributed by atoms with E-state index in [4.69, 9.17) is 0 Å². The average Bonchev–Trinajstić information content (AvgIpc) is 3.29. The number of nitrogens with zero attached hydrogens (tertiary/aromatic N) is 4. The van der Waals surface area contributed by atoms with E-state index in [1.807, 2.05) is 24.5 Å². The van der Waals surface area contributed by atoms with Crippen LogP contribution in [0.1, 0.15) is 23.8 Å². The first-order valence-corrected chi connectivity index (χ1v) is 12.7. The van der Waals surface area contributed by atoms with Gasteiger partial charge in [0.1, 0.15) is 28.7 Å². The quantitative estimate of drug-likeness (QED) is 0.298. The summed E-state index contributed by atoms with van der Waals surface area (Å²) in [6.45, 7) is 2.00. The van der Waals surface area contributed by atoms with Crippen molar-refractivity contribution < 1.29 is 14.4 Å². The van der Waals surface area contributed by atoms with Gasteiger partial charge in [-0.1, -0.05) is 6.07 Å². The number of carbonyl (C=O) groups excluding carboxylic acids is 3. The minimum atomic E-state index is -0.529. The monoisotopic (exact) mass is 527 g/mol. The molecule has 1 saturated carbocycles. The van der Waals surface area contributed by atoms with Crippen LogP contribution in [0, 0.1) is 11.8 Å². The van der Waals surface area contributed by atoms with Crippen LogP contribution in [0.3, 0.4) is 0 Å². The van der Waals surface area contributed by atoms with Gasteiger partial charge in [0.15, 0.2) is 5.78 Å². The number of Topliss-reactive ketones (excluding diaryl/α,β-unsaturated/α-hetero) is 1. The Hall–Kier alpha value is -2.72. The van der Waals surface area contributed by atoms with Gasteiger partial charge in [-0.05, 0) is 70.8 Å². The smallest absolute Gasteiger partial charge is 0.248 e. The van der Waals surface area contributed by atoms with Crippen LogP contribution in [0.5, 0.6) is 0 Å². The Bertz CT molecular complexity index is 1290. The molecule has 2 fully saturated rings. The molecule has 0 bridgehead atoms. The van der Waals surface area contributed by atoms with E-state index in [1.165, 1.54) is 6.92 Å². The lowest BCUT2D eigenvalue weighted by Crippen LogP contribution is -2.47. The summed E-state index contributed by atoms with van der Waals surface area (Å²) in [6.07, 6.45) is 2.92. The average molecular weight is 528 g/mol. The van der Waals surface area contributed by atoms with Crippen molar-refractivity contribution in [2.75, 3.05) is 18.1 Å². The lowest BCUT2D eigenvalue weighted by molar-refractivity contribution is -0.138. The summed E-state index contributed by atoms with van der Waals surface area (Å²) >= 11 is 4.89. The second-order valence-corrected chi connectivity index (χ2v) is 10.1. The molecule has 2 aromatic heterocycles. The highest BCUT2D eigenvalue weighted by Crippen LogP contribution is 2.49. The van der Waals surface area contributed by atoms with Gasteiger partial charge in [0, 0.05) is 23.8 Å². The van der Waals surface area contributed by atoms with Crippen LogP contribution in [-0.4, -0.2) is 56.1 Å². The summed E-state index contributed by atoms with van der Waals surface area (Å²) < 4.78 is 2.21. The number of fused-ring (bicyclic) bond motifs is 2. The third-order valence-corrected chi connectivity index (χ3v) is 7.45. The SMILES string of the molecule is CSc1ccc2c(C(C)=O)nn(CC(=O)N3C[C@H]4C[C@H]4[C@H]3C(=O)Nc3cccc(Br)n3)c2c1. The number of hydrogen-bond donors (Lipinski definition) is 1. The van der Waals surface area contributed by atoms with Gasteiger partial charge < -0.3 is 10.2 Å². The topological polar surface area (TPSA) is 97.2 Å². The summed E-state index contributed by atoms with van der Waals surface area (Å²) in [5, 5.41) is 8.03. The first-order chi connectivity index (χ1) is 15.9. The predicted molar refractivity (Wildman–Crippen MR) is 129 cm³/mol. The van der Waals surface area contributed by atoms with Crippen LogP contribution in [0.25, 0.3) is 10.9 Å². The van der Waals surface area contributed by atoms with Crippen LogP contribution >= 0.6 is 27.7 Å². The maximum atomic E-state index is 13.4. The highest BCUT2D eigenvalue weighted by Gasteiger charge is 2.56. The second kappa shape index (κ2) is 8.57. The van der Waals surface area contributed by atoms with E-state index in [1.54, 1.807) is 39.5 Å². The predicted octanol–water partition coefficient (Wildman–Crippen LogP) is 3.60. The van der Waals surface area contributed by atoms with E-state index in [0.29, 0.717) is 28.6 Å². The Morgan fingerprint density at radius 3 is 2.79 bits per heavy atom. The number of anilines is 1. The number of carbonyl (C=O) groups is 3. The Morgan fingerprint density at radius 1 is 1.24 bits per heavy atom. The molecule has 3 aromatic rings. The fourth-order valence-electron chi connectivity index (χ4n) is 4.62. The van der Waals surface area contributed by atoms with E-state index in [2.05, 4.69) is 31.3 Å². The molecule has 3 heterocycles. The molecule has 33 heavy (non-hydrogen) atoms. The lowest BCUT2D eigenvalue weighted by Gasteiger charge is -2.26. The van der Waals surface area contributed by atoms with Gasteiger partial charge in [-0.15, -0.1) is 11.8 Å². The highest BCUT2D eigenvalue weighted by atomic mass is 79.9. The minimum Gasteiger partial charge on any atom is -0.328 e.